The van der Waals surface area contributed by atoms with E-state index in [1.54, 1.807) is 11.0 Å². The van der Waals surface area contributed by atoms with Gasteiger partial charge in [-0.2, -0.15) is 18.2 Å². The molecule has 15 nitrogen and oxygen atoms in total. The molecule has 1 aliphatic rings. The number of benzene rings is 1. The molecule has 1 aromatic carbocycles. The first-order chi connectivity index (χ1) is 20.6. The third kappa shape index (κ3) is 11.5. The first-order valence-corrected chi connectivity index (χ1v) is 13.3. The van der Waals surface area contributed by atoms with Crippen LogP contribution in [0.15, 0.2) is 30.3 Å². The molecule has 2 amide bonds. The number of likely N-dealkylation sites (tertiary alicyclic amines) is 1. The monoisotopic (exact) mass is 630 g/mol. The second kappa shape index (κ2) is 16.2. The van der Waals surface area contributed by atoms with Crippen LogP contribution in [-0.2, 0) is 44.8 Å². The number of nitrogens with two attached hydrogens (primary N) is 2. The van der Waals surface area contributed by atoms with E-state index in [2.05, 4.69) is 14.9 Å². The van der Waals surface area contributed by atoms with Crippen molar-refractivity contribution < 1.29 is 56.6 Å². The molecule has 1 fully saturated rings. The van der Waals surface area contributed by atoms with Crippen molar-refractivity contribution in [2.24, 2.45) is 17.4 Å². The number of carbonyl (C=O) groups excluding carboxylic acids is 5. The third-order valence-corrected chi connectivity index (χ3v) is 6.56. The quantitative estimate of drug-likeness (QED) is 0.0665. The maximum absolute atomic E-state index is 13.1. The fourth-order valence-electron chi connectivity index (χ4n) is 4.18. The SMILES string of the molecule is N=C(N)N1CCC(CCC(=O)NCC(=O)N(OC(=O)C(F)(F)F)[C@@H](Cc2ccccc2)C(=O)OC(=O)[C@@H](N)CC(=O)O)CC1. The molecular weight excluding hydrogens is 597 g/mol. The Morgan fingerprint density at radius 1 is 1.09 bits per heavy atom. The maximum Gasteiger partial charge on any atom is 0.493 e. The fourth-order valence-corrected chi connectivity index (χ4v) is 4.18. The van der Waals surface area contributed by atoms with Gasteiger partial charge in [-0.15, -0.1) is 0 Å². The Balaban J connectivity index is 2.20. The minimum atomic E-state index is -5.61. The zero-order valence-electron chi connectivity index (χ0n) is 23.4. The molecule has 0 radical (unpaired) electrons. The minimum absolute atomic E-state index is 0.0580. The number of nitrogens with zero attached hydrogens (tertiary/aromatic N) is 2. The van der Waals surface area contributed by atoms with Crippen LogP contribution in [-0.4, -0.2) is 94.6 Å². The van der Waals surface area contributed by atoms with Gasteiger partial charge in [0.2, 0.25) is 5.91 Å². The molecule has 0 unspecified atom stereocenters. The summed E-state index contributed by atoms with van der Waals surface area (Å²) < 4.78 is 43.9. The topological polar surface area (TPSA) is 236 Å². The van der Waals surface area contributed by atoms with Gasteiger partial charge in [-0.05, 0) is 30.7 Å². The van der Waals surface area contributed by atoms with Crippen LogP contribution in [0.4, 0.5) is 13.2 Å². The van der Waals surface area contributed by atoms with E-state index in [9.17, 15) is 41.9 Å². The number of hydroxylamine groups is 2. The van der Waals surface area contributed by atoms with Crippen molar-refractivity contribution >= 4 is 41.7 Å². The average molecular weight is 631 g/mol. The number of aliphatic carboxylic acids is 1. The summed E-state index contributed by atoms with van der Waals surface area (Å²) >= 11 is 0. The first-order valence-electron chi connectivity index (χ1n) is 13.3. The minimum Gasteiger partial charge on any atom is -0.481 e. The van der Waals surface area contributed by atoms with Gasteiger partial charge in [-0.3, -0.25) is 19.8 Å². The molecule has 1 saturated heterocycles. The number of hydrogen-bond acceptors (Lipinski definition) is 10. The summed E-state index contributed by atoms with van der Waals surface area (Å²) in [4.78, 5) is 79.2. The second-order valence-electron chi connectivity index (χ2n) is 9.88. The number of nitrogens with one attached hydrogen (secondary N) is 2. The van der Waals surface area contributed by atoms with Crippen molar-refractivity contribution in [1.29, 1.82) is 5.41 Å². The molecular formula is C26H33F3N6O9. The molecule has 1 aromatic rings. The van der Waals surface area contributed by atoms with E-state index in [1.807, 2.05) is 0 Å². The second-order valence-corrected chi connectivity index (χ2v) is 9.88. The van der Waals surface area contributed by atoms with E-state index in [0.717, 1.165) is 0 Å². The van der Waals surface area contributed by atoms with Gasteiger partial charge in [0, 0.05) is 25.9 Å². The summed E-state index contributed by atoms with van der Waals surface area (Å²) in [7, 11) is 0. The molecule has 1 heterocycles. The summed E-state index contributed by atoms with van der Waals surface area (Å²) in [6.07, 6.45) is -5.53. The Labute approximate surface area is 249 Å². The van der Waals surface area contributed by atoms with Crippen molar-refractivity contribution in [2.75, 3.05) is 19.6 Å². The third-order valence-electron chi connectivity index (χ3n) is 6.56. The standard InChI is InChI=1S/C26H33F3N6O9/c27-26(28,29)24(42)44-35(20(37)14-33-19(36)7-6-15-8-10-34(11-9-15)25(31)32)18(12-16-4-2-1-3-5-16)23(41)43-22(40)17(30)13-21(38)39/h1-5,15,17-18H,6-14,30H2,(H3,31,32)(H,33,36)(H,38,39)/t17-,18-/m0/s1. The molecule has 242 valence electrons. The van der Waals surface area contributed by atoms with Gasteiger partial charge < -0.3 is 36.4 Å². The van der Waals surface area contributed by atoms with Crippen LogP contribution in [0.5, 0.6) is 0 Å². The molecule has 7 N–H and O–H groups in total. The number of carboxylic acid groups (broad SMARTS) is 1. The predicted octanol–water partition coefficient (Wildman–Crippen LogP) is -0.180. The van der Waals surface area contributed by atoms with Gasteiger partial charge >= 0.3 is 30.1 Å². The summed E-state index contributed by atoms with van der Waals surface area (Å²) in [5.74, 6) is -9.70. The largest absolute Gasteiger partial charge is 0.493 e. The number of alkyl halides is 3. The number of esters is 2. The van der Waals surface area contributed by atoms with E-state index in [4.69, 9.17) is 22.0 Å². The number of ether oxygens (including phenoxy) is 1. The van der Waals surface area contributed by atoms with Gasteiger partial charge in [0.15, 0.2) is 12.0 Å². The predicted molar refractivity (Wildman–Crippen MR) is 143 cm³/mol. The molecule has 18 heteroatoms. The van der Waals surface area contributed by atoms with E-state index >= 15 is 0 Å². The van der Waals surface area contributed by atoms with Gasteiger partial charge in [0.25, 0.3) is 5.91 Å². The van der Waals surface area contributed by atoms with Crippen molar-refractivity contribution in [3.8, 4) is 0 Å². The van der Waals surface area contributed by atoms with E-state index < -0.39 is 73.3 Å². The highest BCUT2D eigenvalue weighted by molar-refractivity contribution is 5.95. The number of piperidine rings is 1. The average Bonchev–Trinajstić information content (AvgIpc) is 2.96. The van der Waals surface area contributed by atoms with Crippen LogP contribution in [0.1, 0.15) is 37.7 Å². The zero-order valence-corrected chi connectivity index (χ0v) is 23.4. The molecule has 0 spiro atoms. The molecule has 1 aliphatic heterocycles. The molecule has 0 aromatic heterocycles. The van der Waals surface area contributed by atoms with Crippen LogP contribution in [0.3, 0.4) is 0 Å². The molecule has 2 rings (SSSR count). The van der Waals surface area contributed by atoms with Gasteiger partial charge in [-0.1, -0.05) is 30.3 Å². The summed E-state index contributed by atoms with van der Waals surface area (Å²) in [6, 6.07) is 3.35. The molecule has 0 aliphatic carbocycles. The summed E-state index contributed by atoms with van der Waals surface area (Å²) in [6.45, 7) is 0.0578. The van der Waals surface area contributed by atoms with Crippen molar-refractivity contribution in [3.05, 3.63) is 35.9 Å². The van der Waals surface area contributed by atoms with Gasteiger partial charge in [0.05, 0.1) is 13.0 Å². The number of hydrogen-bond donors (Lipinski definition) is 5. The molecule has 0 bridgehead atoms. The number of rotatable bonds is 12. The lowest BCUT2D eigenvalue weighted by Gasteiger charge is -2.32. The Bertz CT molecular complexity index is 1220. The van der Waals surface area contributed by atoms with Crippen LogP contribution in [0.25, 0.3) is 0 Å². The highest BCUT2D eigenvalue weighted by Gasteiger charge is 2.46. The lowest BCUT2D eigenvalue weighted by Crippen LogP contribution is -2.53. The smallest absolute Gasteiger partial charge is 0.481 e. The fraction of sp³-hybridized carbons (Fsp3) is 0.500. The van der Waals surface area contributed by atoms with Crippen molar-refractivity contribution in [3.63, 3.8) is 0 Å². The Morgan fingerprint density at radius 3 is 2.25 bits per heavy atom. The summed E-state index contributed by atoms with van der Waals surface area (Å²) in [5, 5.41) is 18.3. The summed E-state index contributed by atoms with van der Waals surface area (Å²) in [5.41, 5.74) is 11.1. The van der Waals surface area contributed by atoms with Crippen molar-refractivity contribution in [1.82, 2.24) is 15.3 Å². The van der Waals surface area contributed by atoms with E-state index in [1.165, 1.54) is 24.3 Å². The molecule has 0 saturated carbocycles. The van der Waals surface area contributed by atoms with Gasteiger partial charge in [0.1, 0.15) is 6.04 Å². The molecule has 2 atom stereocenters. The van der Waals surface area contributed by atoms with E-state index in [0.29, 0.717) is 32.4 Å². The lowest BCUT2D eigenvalue weighted by molar-refractivity contribution is -0.244. The van der Waals surface area contributed by atoms with Crippen LogP contribution in [0.2, 0.25) is 0 Å². The number of halogens is 3. The van der Waals surface area contributed by atoms with Crippen LogP contribution in [0, 0.1) is 11.3 Å². The normalized spacial score (nSPS) is 15.0. The number of carbonyl (C=O) groups is 6. The van der Waals surface area contributed by atoms with Crippen LogP contribution >= 0.6 is 0 Å². The first kappa shape index (κ1) is 35.5. The highest BCUT2D eigenvalue weighted by Crippen LogP contribution is 2.22. The van der Waals surface area contributed by atoms with Crippen LogP contribution < -0.4 is 16.8 Å². The van der Waals surface area contributed by atoms with E-state index in [-0.39, 0.29) is 28.9 Å². The highest BCUT2D eigenvalue weighted by atomic mass is 19.4. The molecule has 44 heavy (non-hydrogen) atoms. The zero-order chi connectivity index (χ0) is 33.0. The number of carboxylic acids is 1. The number of amides is 2. The maximum atomic E-state index is 13.1. The van der Waals surface area contributed by atoms with Crippen molar-refractivity contribution in [2.45, 2.75) is 56.8 Å². The Morgan fingerprint density at radius 2 is 1.70 bits per heavy atom. The Hall–Kier alpha value is -4.74. The van der Waals surface area contributed by atoms with Gasteiger partial charge in [-0.25, -0.2) is 14.4 Å². The number of guanidine groups is 1. The lowest BCUT2D eigenvalue weighted by atomic mass is 9.92. The Kier molecular flexibility index (Phi) is 13.1.